The van der Waals surface area contributed by atoms with Crippen molar-refractivity contribution < 1.29 is 19.1 Å². The molecule has 1 amide bonds. The summed E-state index contributed by atoms with van der Waals surface area (Å²) in [6.07, 6.45) is 1.26. The number of amides is 1. The van der Waals surface area contributed by atoms with Crippen molar-refractivity contribution >= 4 is 27.8 Å². The highest BCUT2D eigenvalue weighted by atomic mass is 79.9. The van der Waals surface area contributed by atoms with Crippen molar-refractivity contribution in [1.29, 1.82) is 0 Å². The first kappa shape index (κ1) is 17.5. The molecular formula is C15H20BrNO4. The third-order valence-corrected chi connectivity index (χ3v) is 3.77. The molecule has 21 heavy (non-hydrogen) atoms. The Morgan fingerprint density at radius 2 is 1.95 bits per heavy atom. The molecule has 0 aromatic heterocycles. The van der Waals surface area contributed by atoms with Crippen LogP contribution in [0.1, 0.15) is 18.4 Å². The molecule has 0 fully saturated rings. The van der Waals surface area contributed by atoms with E-state index < -0.39 is 0 Å². The average Bonchev–Trinajstić information content (AvgIpc) is 2.49. The summed E-state index contributed by atoms with van der Waals surface area (Å²) >= 11 is 3.42. The van der Waals surface area contributed by atoms with E-state index in [9.17, 15) is 9.59 Å². The van der Waals surface area contributed by atoms with E-state index in [-0.39, 0.29) is 18.3 Å². The van der Waals surface area contributed by atoms with Crippen LogP contribution in [0.25, 0.3) is 0 Å². The normalized spacial score (nSPS) is 10.1. The SMILES string of the molecule is COC(=O)CCN(C)C(=O)CCc1ccc(OC)c(Br)c1. The number of aryl methyl sites for hydroxylation is 1. The zero-order valence-electron chi connectivity index (χ0n) is 12.5. The van der Waals surface area contributed by atoms with E-state index in [1.165, 1.54) is 7.11 Å². The van der Waals surface area contributed by atoms with Gasteiger partial charge in [-0.2, -0.15) is 0 Å². The van der Waals surface area contributed by atoms with Crippen LogP contribution < -0.4 is 4.74 Å². The average molecular weight is 358 g/mol. The Balaban J connectivity index is 2.45. The van der Waals surface area contributed by atoms with E-state index in [0.29, 0.717) is 19.4 Å². The molecule has 0 saturated carbocycles. The van der Waals surface area contributed by atoms with Gasteiger partial charge < -0.3 is 14.4 Å². The first-order valence-corrected chi connectivity index (χ1v) is 7.40. The van der Waals surface area contributed by atoms with Crippen molar-refractivity contribution in [2.24, 2.45) is 0 Å². The van der Waals surface area contributed by atoms with Gasteiger partial charge >= 0.3 is 5.97 Å². The van der Waals surface area contributed by atoms with Gasteiger partial charge in [-0.1, -0.05) is 6.07 Å². The van der Waals surface area contributed by atoms with Crippen molar-refractivity contribution in [2.45, 2.75) is 19.3 Å². The van der Waals surface area contributed by atoms with E-state index in [1.807, 2.05) is 18.2 Å². The quantitative estimate of drug-likeness (QED) is 0.703. The number of carbonyl (C=O) groups is 2. The van der Waals surface area contributed by atoms with Crippen LogP contribution >= 0.6 is 15.9 Å². The van der Waals surface area contributed by atoms with E-state index in [1.54, 1.807) is 19.1 Å². The van der Waals surface area contributed by atoms with Gasteiger partial charge in [-0.25, -0.2) is 0 Å². The number of hydrogen-bond donors (Lipinski definition) is 0. The van der Waals surface area contributed by atoms with Crippen LogP contribution in [-0.4, -0.2) is 44.6 Å². The summed E-state index contributed by atoms with van der Waals surface area (Å²) in [6.45, 7) is 0.373. The molecular weight excluding hydrogens is 338 g/mol. The van der Waals surface area contributed by atoms with Crippen LogP contribution in [0, 0.1) is 0 Å². The predicted octanol–water partition coefficient (Wildman–Crippen LogP) is 2.41. The highest BCUT2D eigenvalue weighted by Crippen LogP contribution is 2.26. The number of ether oxygens (including phenoxy) is 2. The van der Waals surface area contributed by atoms with Gasteiger partial charge in [0.05, 0.1) is 25.1 Å². The molecule has 1 aromatic carbocycles. The minimum absolute atomic E-state index is 0.00541. The maximum atomic E-state index is 12.0. The number of esters is 1. The Morgan fingerprint density at radius 1 is 1.24 bits per heavy atom. The van der Waals surface area contributed by atoms with Crippen molar-refractivity contribution in [2.75, 3.05) is 27.8 Å². The molecule has 0 heterocycles. The summed E-state index contributed by atoms with van der Waals surface area (Å²) in [4.78, 5) is 24.6. The molecule has 0 atom stereocenters. The van der Waals surface area contributed by atoms with Gasteiger partial charge in [-0.15, -0.1) is 0 Å². The molecule has 0 saturated heterocycles. The fourth-order valence-electron chi connectivity index (χ4n) is 1.79. The number of carbonyl (C=O) groups excluding carboxylic acids is 2. The largest absolute Gasteiger partial charge is 0.496 e. The molecule has 1 aromatic rings. The molecule has 5 nitrogen and oxygen atoms in total. The maximum absolute atomic E-state index is 12.0. The fraction of sp³-hybridized carbons (Fsp3) is 0.467. The first-order chi connectivity index (χ1) is 9.97. The van der Waals surface area contributed by atoms with Crippen LogP contribution in [0.5, 0.6) is 5.75 Å². The molecule has 0 unspecified atom stereocenters. The van der Waals surface area contributed by atoms with Crippen molar-refractivity contribution in [3.05, 3.63) is 28.2 Å². The second-order valence-electron chi connectivity index (χ2n) is 4.61. The smallest absolute Gasteiger partial charge is 0.307 e. The van der Waals surface area contributed by atoms with Crippen LogP contribution in [0.15, 0.2) is 22.7 Å². The van der Waals surface area contributed by atoms with E-state index in [2.05, 4.69) is 20.7 Å². The summed E-state index contributed by atoms with van der Waals surface area (Å²) in [5.74, 6) is 0.458. The van der Waals surface area contributed by atoms with Crippen molar-refractivity contribution in [1.82, 2.24) is 4.90 Å². The molecule has 0 aliphatic heterocycles. The molecule has 0 spiro atoms. The lowest BCUT2D eigenvalue weighted by Crippen LogP contribution is -2.29. The van der Waals surface area contributed by atoms with Crippen molar-refractivity contribution in [3.63, 3.8) is 0 Å². The topological polar surface area (TPSA) is 55.8 Å². The molecule has 0 radical (unpaired) electrons. The number of rotatable bonds is 7. The Morgan fingerprint density at radius 3 is 2.52 bits per heavy atom. The third kappa shape index (κ3) is 5.75. The molecule has 0 N–H and O–H groups in total. The molecule has 0 aliphatic rings. The number of benzene rings is 1. The summed E-state index contributed by atoms with van der Waals surface area (Å²) in [5.41, 5.74) is 1.05. The summed E-state index contributed by atoms with van der Waals surface area (Å²) < 4.78 is 10.6. The monoisotopic (exact) mass is 357 g/mol. The second kappa shape index (κ2) is 8.67. The third-order valence-electron chi connectivity index (χ3n) is 3.15. The summed E-state index contributed by atoms with van der Waals surface area (Å²) in [6, 6.07) is 5.75. The Labute approximate surface area is 133 Å². The molecule has 6 heteroatoms. The van der Waals surface area contributed by atoms with Gasteiger partial charge in [0.25, 0.3) is 0 Å². The Bertz CT molecular complexity index is 504. The fourth-order valence-corrected chi connectivity index (χ4v) is 2.38. The lowest BCUT2D eigenvalue weighted by Gasteiger charge is -2.16. The zero-order valence-corrected chi connectivity index (χ0v) is 14.1. The van der Waals surface area contributed by atoms with Gasteiger partial charge in [0.1, 0.15) is 5.75 Å². The lowest BCUT2D eigenvalue weighted by molar-refractivity contribution is -0.141. The molecule has 0 aliphatic carbocycles. The van der Waals surface area contributed by atoms with E-state index in [4.69, 9.17) is 4.74 Å². The Hall–Kier alpha value is -1.56. The van der Waals surface area contributed by atoms with Crippen LogP contribution in [0.4, 0.5) is 0 Å². The standard InChI is InChI=1S/C15H20BrNO4/c1-17(9-8-15(19)21-3)14(18)7-5-11-4-6-13(20-2)12(16)10-11/h4,6,10H,5,7-9H2,1-3H3. The van der Waals surface area contributed by atoms with Crippen molar-refractivity contribution in [3.8, 4) is 5.75 Å². The maximum Gasteiger partial charge on any atom is 0.307 e. The Kier molecular flexibility index (Phi) is 7.22. The number of nitrogens with zero attached hydrogens (tertiary/aromatic N) is 1. The molecule has 116 valence electrons. The van der Waals surface area contributed by atoms with E-state index >= 15 is 0 Å². The lowest BCUT2D eigenvalue weighted by atomic mass is 10.1. The number of halogens is 1. The number of hydrogen-bond acceptors (Lipinski definition) is 4. The van der Waals surface area contributed by atoms with Gasteiger partial charge in [-0.05, 0) is 40.0 Å². The van der Waals surface area contributed by atoms with Gasteiger partial charge in [-0.3, -0.25) is 9.59 Å². The van der Waals surface area contributed by atoms with Gasteiger partial charge in [0.15, 0.2) is 0 Å². The summed E-state index contributed by atoms with van der Waals surface area (Å²) in [7, 11) is 4.64. The zero-order chi connectivity index (χ0) is 15.8. The number of methoxy groups -OCH3 is 2. The van der Waals surface area contributed by atoms with Crippen LogP contribution in [0.2, 0.25) is 0 Å². The highest BCUT2D eigenvalue weighted by molar-refractivity contribution is 9.10. The van der Waals surface area contributed by atoms with Crippen LogP contribution in [0.3, 0.4) is 0 Å². The van der Waals surface area contributed by atoms with Gasteiger partial charge in [0.2, 0.25) is 5.91 Å². The molecule has 0 bridgehead atoms. The minimum atomic E-state index is -0.311. The van der Waals surface area contributed by atoms with E-state index in [0.717, 1.165) is 15.8 Å². The first-order valence-electron chi connectivity index (χ1n) is 6.61. The summed E-state index contributed by atoms with van der Waals surface area (Å²) in [5, 5.41) is 0. The minimum Gasteiger partial charge on any atom is -0.496 e. The predicted molar refractivity (Wildman–Crippen MR) is 83.3 cm³/mol. The van der Waals surface area contributed by atoms with Crippen LogP contribution in [-0.2, 0) is 20.7 Å². The van der Waals surface area contributed by atoms with Gasteiger partial charge in [0, 0.05) is 20.0 Å². The highest BCUT2D eigenvalue weighted by Gasteiger charge is 2.11. The second-order valence-corrected chi connectivity index (χ2v) is 5.46. The molecule has 1 rings (SSSR count).